The molecular weight excluding hydrogens is 229 g/mol. The van der Waals surface area contributed by atoms with Crippen LogP contribution in [0.4, 0.5) is 10.1 Å². The molecule has 0 saturated carbocycles. The summed E-state index contributed by atoms with van der Waals surface area (Å²) in [6, 6.07) is 4.99. The Morgan fingerprint density at radius 1 is 1.44 bits per heavy atom. The van der Waals surface area contributed by atoms with Gasteiger partial charge < -0.3 is 9.64 Å². The van der Waals surface area contributed by atoms with E-state index >= 15 is 0 Å². The number of halogens is 2. The van der Waals surface area contributed by atoms with Crippen molar-refractivity contribution in [2.24, 2.45) is 0 Å². The molecule has 1 rings (SSSR count). The molecule has 0 heterocycles. The third-order valence-electron chi connectivity index (χ3n) is 2.41. The van der Waals surface area contributed by atoms with E-state index in [2.05, 4.69) is 0 Å². The molecule has 1 aromatic carbocycles. The monoisotopic (exact) mass is 245 g/mol. The number of alkyl halides is 1. The topological polar surface area (TPSA) is 12.5 Å². The van der Waals surface area contributed by atoms with Gasteiger partial charge in [0.25, 0.3) is 0 Å². The summed E-state index contributed by atoms with van der Waals surface area (Å²) in [5.41, 5.74) is 1.37. The number of benzene rings is 1. The first-order valence-corrected chi connectivity index (χ1v) is 5.86. The molecule has 1 aromatic rings. The lowest BCUT2D eigenvalue weighted by Crippen LogP contribution is -2.23. The van der Waals surface area contributed by atoms with Crippen molar-refractivity contribution >= 4 is 17.3 Å². The number of rotatable bonds is 6. The van der Waals surface area contributed by atoms with Crippen LogP contribution in [-0.4, -0.2) is 26.8 Å². The van der Waals surface area contributed by atoms with Crippen molar-refractivity contribution in [2.75, 3.05) is 31.7 Å². The fourth-order valence-electron chi connectivity index (χ4n) is 1.50. The Hall–Kier alpha value is -0.800. The molecule has 0 N–H and O–H groups in total. The summed E-state index contributed by atoms with van der Waals surface area (Å²) in [4.78, 5) is 1.95. The van der Waals surface area contributed by atoms with Crippen LogP contribution in [0, 0.1) is 5.82 Å². The van der Waals surface area contributed by atoms with Gasteiger partial charge in [0.2, 0.25) is 0 Å². The minimum absolute atomic E-state index is 0.182. The van der Waals surface area contributed by atoms with Crippen molar-refractivity contribution in [1.29, 1.82) is 0 Å². The van der Waals surface area contributed by atoms with Gasteiger partial charge in [0, 0.05) is 31.5 Å². The first-order chi connectivity index (χ1) is 7.70. The Balaban J connectivity index is 2.74. The molecule has 0 aliphatic rings. The van der Waals surface area contributed by atoms with Gasteiger partial charge in [-0.1, -0.05) is 6.07 Å². The quantitative estimate of drug-likeness (QED) is 0.564. The molecule has 0 atom stereocenters. The fourth-order valence-corrected chi connectivity index (χ4v) is 1.77. The standard InChI is InChI=1S/C12H17ClFNO/c1-3-16-8-7-15(2)12-6-4-5-11(14)10(12)9-13/h4-6H,3,7-9H2,1-2H3. The van der Waals surface area contributed by atoms with E-state index in [1.807, 2.05) is 24.9 Å². The highest BCUT2D eigenvalue weighted by molar-refractivity contribution is 6.17. The SMILES string of the molecule is CCOCCN(C)c1cccc(F)c1CCl. The van der Waals surface area contributed by atoms with Crippen LogP contribution in [0.2, 0.25) is 0 Å². The first kappa shape index (κ1) is 13.3. The molecule has 2 nitrogen and oxygen atoms in total. The second kappa shape index (κ2) is 6.71. The van der Waals surface area contributed by atoms with Crippen molar-refractivity contribution in [1.82, 2.24) is 0 Å². The summed E-state index contributed by atoms with van der Waals surface area (Å²) in [5.74, 6) is -0.0724. The summed E-state index contributed by atoms with van der Waals surface area (Å²) in [6.07, 6.45) is 0. The van der Waals surface area contributed by atoms with Crippen LogP contribution in [0.1, 0.15) is 12.5 Å². The molecule has 4 heteroatoms. The van der Waals surface area contributed by atoms with Gasteiger partial charge in [-0.25, -0.2) is 4.39 Å². The maximum Gasteiger partial charge on any atom is 0.129 e. The summed E-state index contributed by atoms with van der Waals surface area (Å²) in [6.45, 7) is 4.00. The van der Waals surface area contributed by atoms with Crippen LogP contribution in [0.25, 0.3) is 0 Å². The van der Waals surface area contributed by atoms with Crippen molar-refractivity contribution in [3.8, 4) is 0 Å². The number of nitrogens with zero attached hydrogens (tertiary/aromatic N) is 1. The molecule has 0 unspecified atom stereocenters. The van der Waals surface area contributed by atoms with E-state index in [1.165, 1.54) is 6.07 Å². The predicted octanol–water partition coefficient (Wildman–Crippen LogP) is 3.04. The van der Waals surface area contributed by atoms with Crippen LogP contribution < -0.4 is 4.90 Å². The van der Waals surface area contributed by atoms with Gasteiger partial charge in [0.1, 0.15) is 5.82 Å². The number of hydrogen-bond donors (Lipinski definition) is 0. The van der Waals surface area contributed by atoms with E-state index < -0.39 is 0 Å². The van der Waals surface area contributed by atoms with E-state index in [1.54, 1.807) is 6.07 Å². The minimum atomic E-state index is -0.254. The Morgan fingerprint density at radius 2 is 2.19 bits per heavy atom. The molecule has 0 aromatic heterocycles. The van der Waals surface area contributed by atoms with Gasteiger partial charge in [0.15, 0.2) is 0 Å². The summed E-state index contributed by atoms with van der Waals surface area (Å²) in [7, 11) is 1.91. The molecule has 0 aliphatic carbocycles. The molecule has 0 saturated heterocycles. The molecular formula is C12H17ClFNO. The van der Waals surface area contributed by atoms with Crippen LogP contribution in [-0.2, 0) is 10.6 Å². The van der Waals surface area contributed by atoms with Crippen LogP contribution in [0.5, 0.6) is 0 Å². The zero-order valence-electron chi connectivity index (χ0n) is 9.67. The second-order valence-electron chi connectivity index (χ2n) is 3.49. The van der Waals surface area contributed by atoms with Crippen molar-refractivity contribution in [3.63, 3.8) is 0 Å². The number of hydrogen-bond acceptors (Lipinski definition) is 2. The summed E-state index contributed by atoms with van der Waals surface area (Å²) >= 11 is 5.74. The molecule has 0 amide bonds. The summed E-state index contributed by atoms with van der Waals surface area (Å²) in [5, 5.41) is 0. The van der Waals surface area contributed by atoms with Gasteiger partial charge in [0.05, 0.1) is 12.5 Å². The number of anilines is 1. The maximum atomic E-state index is 13.5. The van der Waals surface area contributed by atoms with Gasteiger partial charge in [-0.05, 0) is 19.1 Å². The third-order valence-corrected chi connectivity index (χ3v) is 2.68. The smallest absolute Gasteiger partial charge is 0.129 e. The van der Waals surface area contributed by atoms with E-state index in [-0.39, 0.29) is 11.7 Å². The van der Waals surface area contributed by atoms with Crippen LogP contribution in [0.3, 0.4) is 0 Å². The van der Waals surface area contributed by atoms with Crippen molar-refractivity contribution < 1.29 is 9.13 Å². The van der Waals surface area contributed by atoms with Crippen molar-refractivity contribution in [3.05, 3.63) is 29.6 Å². The molecule has 0 radical (unpaired) electrons. The predicted molar refractivity (Wildman–Crippen MR) is 65.7 cm³/mol. The minimum Gasteiger partial charge on any atom is -0.380 e. The highest BCUT2D eigenvalue weighted by Crippen LogP contribution is 2.23. The lowest BCUT2D eigenvalue weighted by atomic mass is 10.1. The second-order valence-corrected chi connectivity index (χ2v) is 3.76. The molecule has 90 valence electrons. The average Bonchev–Trinajstić information content (AvgIpc) is 2.29. The van der Waals surface area contributed by atoms with Crippen molar-refractivity contribution in [2.45, 2.75) is 12.8 Å². The first-order valence-electron chi connectivity index (χ1n) is 5.33. The Bertz CT molecular complexity index is 333. The highest BCUT2D eigenvalue weighted by Gasteiger charge is 2.10. The lowest BCUT2D eigenvalue weighted by Gasteiger charge is -2.21. The Labute approximate surface area is 101 Å². The fraction of sp³-hybridized carbons (Fsp3) is 0.500. The van der Waals surface area contributed by atoms with Gasteiger partial charge in [-0.15, -0.1) is 11.6 Å². The van der Waals surface area contributed by atoms with Crippen LogP contribution in [0.15, 0.2) is 18.2 Å². The van der Waals surface area contributed by atoms with Gasteiger partial charge in [-0.2, -0.15) is 0 Å². The number of likely N-dealkylation sites (N-methyl/N-ethyl adjacent to an activating group) is 1. The van der Waals surface area contributed by atoms with Gasteiger partial charge in [-0.3, -0.25) is 0 Å². The molecule has 0 aliphatic heterocycles. The molecule has 0 fully saturated rings. The van der Waals surface area contributed by atoms with Gasteiger partial charge >= 0.3 is 0 Å². The Kier molecular flexibility index (Phi) is 5.56. The van der Waals surface area contributed by atoms with E-state index in [9.17, 15) is 4.39 Å². The highest BCUT2D eigenvalue weighted by atomic mass is 35.5. The summed E-state index contributed by atoms with van der Waals surface area (Å²) < 4.78 is 18.7. The third kappa shape index (κ3) is 3.35. The Morgan fingerprint density at radius 3 is 2.81 bits per heavy atom. The van der Waals surface area contributed by atoms with Crippen LogP contribution >= 0.6 is 11.6 Å². The zero-order valence-corrected chi connectivity index (χ0v) is 10.4. The maximum absolute atomic E-state index is 13.5. The molecule has 0 spiro atoms. The molecule has 0 bridgehead atoms. The van der Waals surface area contributed by atoms with E-state index in [4.69, 9.17) is 16.3 Å². The lowest BCUT2D eigenvalue weighted by molar-refractivity contribution is 0.154. The normalized spacial score (nSPS) is 10.5. The largest absolute Gasteiger partial charge is 0.380 e. The molecule has 16 heavy (non-hydrogen) atoms. The van der Waals surface area contributed by atoms with E-state index in [0.717, 1.165) is 12.2 Å². The van der Waals surface area contributed by atoms with E-state index in [0.29, 0.717) is 18.8 Å². The zero-order chi connectivity index (χ0) is 12.0. The number of ether oxygens (including phenoxy) is 1. The average molecular weight is 246 g/mol.